The number of nitrogens with zero attached hydrogens (tertiary/aromatic N) is 1. The molecule has 1 aliphatic rings. The highest BCUT2D eigenvalue weighted by atomic mass is 15.0. The van der Waals surface area contributed by atoms with Crippen LogP contribution in [0.2, 0.25) is 0 Å². The maximum absolute atomic E-state index is 4.09. The van der Waals surface area contributed by atoms with Crippen LogP contribution in [-0.4, -0.2) is 17.6 Å². The molecule has 0 fully saturated rings. The summed E-state index contributed by atoms with van der Waals surface area (Å²) in [5, 5.41) is 6.85. The average molecular weight is 177 g/mol. The number of aromatic nitrogens is 1. The molecule has 2 heterocycles. The Morgan fingerprint density at radius 1 is 1.38 bits per heavy atom. The number of nitrogens with one attached hydrogen (secondary N) is 2. The summed E-state index contributed by atoms with van der Waals surface area (Å²) in [6, 6.07) is 2.52. The van der Waals surface area contributed by atoms with Gasteiger partial charge in [0.25, 0.3) is 0 Å². The van der Waals surface area contributed by atoms with Crippen LogP contribution in [0.3, 0.4) is 0 Å². The van der Waals surface area contributed by atoms with Gasteiger partial charge < -0.3 is 10.6 Å². The van der Waals surface area contributed by atoms with E-state index >= 15 is 0 Å². The van der Waals surface area contributed by atoms with Crippen LogP contribution in [0, 0.1) is 5.92 Å². The van der Waals surface area contributed by atoms with Gasteiger partial charge in [-0.05, 0) is 18.9 Å². The lowest BCUT2D eigenvalue weighted by Gasteiger charge is -2.17. The molecule has 0 radical (unpaired) electrons. The number of pyridine rings is 1. The number of hydrogen-bond acceptors (Lipinski definition) is 3. The van der Waals surface area contributed by atoms with E-state index in [4.69, 9.17) is 0 Å². The largest absolute Gasteiger partial charge is 0.382 e. The van der Waals surface area contributed by atoms with E-state index in [1.807, 2.05) is 18.5 Å². The lowest BCUT2D eigenvalue weighted by atomic mass is 10.0. The highest BCUT2D eigenvalue weighted by Gasteiger charge is 2.17. The molecule has 3 heteroatoms. The Hall–Kier alpha value is -1.25. The van der Waals surface area contributed by atoms with Crippen molar-refractivity contribution < 1.29 is 0 Å². The zero-order valence-corrected chi connectivity index (χ0v) is 8.04. The van der Waals surface area contributed by atoms with E-state index < -0.39 is 0 Å². The zero-order valence-electron chi connectivity index (χ0n) is 8.04. The van der Waals surface area contributed by atoms with Gasteiger partial charge in [0.15, 0.2) is 0 Å². The molecule has 70 valence electrons. The molecule has 2 rings (SSSR count). The molecule has 1 aromatic heterocycles. The SMILES string of the molecule is CC1CNc2cnccc2NC1C. The van der Waals surface area contributed by atoms with Gasteiger partial charge in [-0.15, -0.1) is 0 Å². The normalized spacial score (nSPS) is 26.6. The second-order valence-electron chi connectivity index (χ2n) is 3.71. The van der Waals surface area contributed by atoms with Crippen LogP contribution in [0.25, 0.3) is 0 Å². The predicted molar refractivity (Wildman–Crippen MR) is 55.0 cm³/mol. The van der Waals surface area contributed by atoms with E-state index in [-0.39, 0.29) is 0 Å². The number of hydrogen-bond donors (Lipinski definition) is 2. The molecule has 2 atom stereocenters. The molecule has 13 heavy (non-hydrogen) atoms. The van der Waals surface area contributed by atoms with Crippen molar-refractivity contribution >= 4 is 11.4 Å². The molecule has 0 aromatic carbocycles. The Morgan fingerprint density at radius 3 is 3.08 bits per heavy atom. The number of fused-ring (bicyclic) bond motifs is 1. The summed E-state index contributed by atoms with van der Waals surface area (Å²) in [6.45, 7) is 5.46. The Morgan fingerprint density at radius 2 is 2.23 bits per heavy atom. The first-order valence-corrected chi connectivity index (χ1v) is 4.72. The van der Waals surface area contributed by atoms with Crippen molar-refractivity contribution in [3.63, 3.8) is 0 Å². The lowest BCUT2D eigenvalue weighted by Crippen LogP contribution is -2.25. The molecule has 0 saturated heterocycles. The smallest absolute Gasteiger partial charge is 0.0762 e. The molecule has 0 spiro atoms. The molecule has 0 amide bonds. The third kappa shape index (κ3) is 1.59. The fourth-order valence-corrected chi connectivity index (χ4v) is 1.50. The Balaban J connectivity index is 2.29. The first kappa shape index (κ1) is 8.35. The highest BCUT2D eigenvalue weighted by molar-refractivity contribution is 5.68. The standard InChI is InChI=1S/C10H15N3/c1-7-5-12-10-6-11-4-3-9(10)13-8(7)2/h3-4,6-8,12-13H,5H2,1-2H3. The van der Waals surface area contributed by atoms with Crippen molar-refractivity contribution in [3.05, 3.63) is 18.5 Å². The minimum atomic E-state index is 0.510. The van der Waals surface area contributed by atoms with E-state index in [1.165, 1.54) is 0 Å². The quantitative estimate of drug-likeness (QED) is 0.636. The molecule has 3 nitrogen and oxygen atoms in total. The first-order chi connectivity index (χ1) is 6.27. The van der Waals surface area contributed by atoms with Gasteiger partial charge in [-0.2, -0.15) is 0 Å². The van der Waals surface area contributed by atoms with Gasteiger partial charge in [-0.3, -0.25) is 4.98 Å². The van der Waals surface area contributed by atoms with Gasteiger partial charge in [-0.1, -0.05) is 6.92 Å². The van der Waals surface area contributed by atoms with Crippen molar-refractivity contribution in [2.75, 3.05) is 17.2 Å². The molecule has 0 saturated carbocycles. The van der Waals surface area contributed by atoms with Crippen LogP contribution in [-0.2, 0) is 0 Å². The second kappa shape index (κ2) is 3.24. The minimum absolute atomic E-state index is 0.510. The summed E-state index contributed by atoms with van der Waals surface area (Å²) < 4.78 is 0. The van der Waals surface area contributed by atoms with Gasteiger partial charge in [0.2, 0.25) is 0 Å². The summed E-state index contributed by atoms with van der Waals surface area (Å²) in [5.41, 5.74) is 2.27. The maximum Gasteiger partial charge on any atom is 0.0762 e. The molecule has 0 aliphatic carbocycles. The van der Waals surface area contributed by atoms with Crippen LogP contribution in [0.1, 0.15) is 13.8 Å². The minimum Gasteiger partial charge on any atom is -0.382 e. The van der Waals surface area contributed by atoms with Crippen LogP contribution in [0.4, 0.5) is 11.4 Å². The Kier molecular flexibility index (Phi) is 2.08. The maximum atomic E-state index is 4.09. The average Bonchev–Trinajstić information content (AvgIpc) is 2.28. The zero-order chi connectivity index (χ0) is 9.26. The molecule has 0 bridgehead atoms. The second-order valence-corrected chi connectivity index (χ2v) is 3.71. The van der Waals surface area contributed by atoms with Crippen LogP contribution < -0.4 is 10.6 Å². The summed E-state index contributed by atoms with van der Waals surface area (Å²) in [4.78, 5) is 4.09. The van der Waals surface area contributed by atoms with Gasteiger partial charge in [0.1, 0.15) is 0 Å². The van der Waals surface area contributed by atoms with E-state index in [2.05, 4.69) is 29.5 Å². The van der Waals surface area contributed by atoms with E-state index in [1.54, 1.807) is 0 Å². The van der Waals surface area contributed by atoms with Crippen LogP contribution in [0.5, 0.6) is 0 Å². The van der Waals surface area contributed by atoms with Crippen molar-refractivity contribution in [2.24, 2.45) is 5.92 Å². The van der Waals surface area contributed by atoms with Crippen LogP contribution >= 0.6 is 0 Å². The fraction of sp³-hybridized carbons (Fsp3) is 0.500. The van der Waals surface area contributed by atoms with E-state index in [9.17, 15) is 0 Å². The number of anilines is 2. The summed E-state index contributed by atoms with van der Waals surface area (Å²) in [5.74, 6) is 0.632. The Labute approximate surface area is 78.6 Å². The first-order valence-electron chi connectivity index (χ1n) is 4.72. The molecular weight excluding hydrogens is 162 g/mol. The van der Waals surface area contributed by atoms with Crippen molar-refractivity contribution in [1.82, 2.24) is 4.98 Å². The van der Waals surface area contributed by atoms with Gasteiger partial charge >= 0.3 is 0 Å². The van der Waals surface area contributed by atoms with Gasteiger partial charge in [0, 0.05) is 18.8 Å². The molecule has 2 N–H and O–H groups in total. The Bertz CT molecular complexity index is 298. The van der Waals surface area contributed by atoms with Crippen molar-refractivity contribution in [1.29, 1.82) is 0 Å². The highest BCUT2D eigenvalue weighted by Crippen LogP contribution is 2.25. The van der Waals surface area contributed by atoms with Crippen molar-refractivity contribution in [3.8, 4) is 0 Å². The summed E-state index contributed by atoms with van der Waals surface area (Å²) in [7, 11) is 0. The predicted octanol–water partition coefficient (Wildman–Crippen LogP) is 1.94. The lowest BCUT2D eigenvalue weighted by molar-refractivity contribution is 0.542. The van der Waals surface area contributed by atoms with E-state index in [0.29, 0.717) is 12.0 Å². The van der Waals surface area contributed by atoms with Crippen molar-refractivity contribution in [2.45, 2.75) is 19.9 Å². The fourth-order valence-electron chi connectivity index (χ4n) is 1.50. The monoisotopic (exact) mass is 177 g/mol. The number of rotatable bonds is 0. The van der Waals surface area contributed by atoms with Gasteiger partial charge in [-0.25, -0.2) is 0 Å². The summed E-state index contributed by atoms with van der Waals surface area (Å²) in [6.07, 6.45) is 3.68. The van der Waals surface area contributed by atoms with Gasteiger partial charge in [0.05, 0.1) is 17.6 Å². The molecule has 1 aromatic rings. The molecule has 1 aliphatic heterocycles. The molecular formula is C10H15N3. The van der Waals surface area contributed by atoms with Crippen LogP contribution in [0.15, 0.2) is 18.5 Å². The third-order valence-electron chi connectivity index (χ3n) is 2.67. The molecule has 2 unspecified atom stereocenters. The summed E-state index contributed by atoms with van der Waals surface area (Å²) >= 11 is 0. The third-order valence-corrected chi connectivity index (χ3v) is 2.67. The van der Waals surface area contributed by atoms with E-state index in [0.717, 1.165) is 17.9 Å². The topological polar surface area (TPSA) is 37.0 Å².